The molecule has 0 bridgehead atoms. The number of nitro benzene ring substituents is 1. The molecule has 27 heavy (non-hydrogen) atoms. The van der Waals surface area contributed by atoms with Gasteiger partial charge in [-0.1, -0.05) is 6.07 Å². The lowest BCUT2D eigenvalue weighted by atomic mass is 10.1. The van der Waals surface area contributed by atoms with Gasteiger partial charge in [0, 0.05) is 42.7 Å². The van der Waals surface area contributed by atoms with E-state index in [1.807, 2.05) is 18.2 Å². The number of rotatable bonds is 5. The van der Waals surface area contributed by atoms with Crippen molar-refractivity contribution in [1.82, 2.24) is 0 Å². The van der Waals surface area contributed by atoms with E-state index in [1.165, 1.54) is 18.2 Å². The molecule has 0 saturated heterocycles. The number of benzene rings is 2. The number of anilines is 3. The van der Waals surface area contributed by atoms with Crippen molar-refractivity contribution in [2.45, 2.75) is 26.3 Å². The molecular weight excluding hydrogens is 348 g/mol. The Hall–Kier alpha value is -3.42. The number of carbonyl (C=O) groups excluding carboxylic acids is 2. The Morgan fingerprint density at radius 3 is 2.67 bits per heavy atom. The third-order valence-electron chi connectivity index (χ3n) is 4.46. The Balaban J connectivity index is 1.66. The SMILES string of the molecule is CC(=O)N1CCc2cc(NC(C)C(=O)Nc3cccc([N+](=O)[O-])c3)ccc21. The minimum atomic E-state index is -0.548. The van der Waals surface area contributed by atoms with Crippen LogP contribution in [0.3, 0.4) is 0 Å². The van der Waals surface area contributed by atoms with E-state index in [0.29, 0.717) is 12.2 Å². The molecule has 0 aliphatic carbocycles. The molecule has 1 unspecified atom stereocenters. The van der Waals surface area contributed by atoms with Crippen LogP contribution in [0.2, 0.25) is 0 Å². The summed E-state index contributed by atoms with van der Waals surface area (Å²) in [6.45, 7) is 3.92. The summed E-state index contributed by atoms with van der Waals surface area (Å²) in [7, 11) is 0. The van der Waals surface area contributed by atoms with Crippen LogP contribution in [-0.2, 0) is 16.0 Å². The predicted molar refractivity (Wildman–Crippen MR) is 103 cm³/mol. The highest BCUT2D eigenvalue weighted by Crippen LogP contribution is 2.30. The van der Waals surface area contributed by atoms with Gasteiger partial charge in [-0.3, -0.25) is 19.7 Å². The van der Waals surface area contributed by atoms with Crippen molar-refractivity contribution in [2.75, 3.05) is 22.1 Å². The Morgan fingerprint density at radius 1 is 1.19 bits per heavy atom. The smallest absolute Gasteiger partial charge is 0.271 e. The topological polar surface area (TPSA) is 105 Å². The Morgan fingerprint density at radius 2 is 1.96 bits per heavy atom. The van der Waals surface area contributed by atoms with Crippen molar-refractivity contribution in [1.29, 1.82) is 0 Å². The number of nitrogens with zero attached hydrogens (tertiary/aromatic N) is 2. The average molecular weight is 368 g/mol. The van der Waals surface area contributed by atoms with Crippen molar-refractivity contribution in [2.24, 2.45) is 0 Å². The highest BCUT2D eigenvalue weighted by molar-refractivity contribution is 5.97. The maximum atomic E-state index is 12.4. The summed E-state index contributed by atoms with van der Waals surface area (Å²) >= 11 is 0. The van der Waals surface area contributed by atoms with Gasteiger partial charge >= 0.3 is 0 Å². The molecule has 0 aromatic heterocycles. The van der Waals surface area contributed by atoms with Crippen molar-refractivity contribution in [3.63, 3.8) is 0 Å². The molecule has 2 N–H and O–H groups in total. The minimum Gasteiger partial charge on any atom is -0.374 e. The van der Waals surface area contributed by atoms with Gasteiger partial charge in [0.25, 0.3) is 5.69 Å². The van der Waals surface area contributed by atoms with E-state index >= 15 is 0 Å². The third kappa shape index (κ3) is 4.05. The molecule has 0 fully saturated rings. The normalized spacial score (nSPS) is 13.6. The number of nitro groups is 1. The third-order valence-corrected chi connectivity index (χ3v) is 4.46. The molecule has 1 aliphatic rings. The Kier molecular flexibility index (Phi) is 5.07. The molecule has 2 aromatic carbocycles. The van der Waals surface area contributed by atoms with Crippen LogP contribution in [0, 0.1) is 10.1 Å². The molecule has 2 aromatic rings. The van der Waals surface area contributed by atoms with Gasteiger partial charge in [-0.2, -0.15) is 0 Å². The van der Waals surface area contributed by atoms with Gasteiger partial charge in [0.15, 0.2) is 0 Å². The summed E-state index contributed by atoms with van der Waals surface area (Å²) in [6.07, 6.45) is 0.776. The number of nitrogens with one attached hydrogen (secondary N) is 2. The molecule has 1 atom stereocenters. The van der Waals surface area contributed by atoms with E-state index in [-0.39, 0.29) is 17.5 Å². The summed E-state index contributed by atoms with van der Waals surface area (Å²) in [5, 5.41) is 16.6. The van der Waals surface area contributed by atoms with E-state index in [2.05, 4.69) is 10.6 Å². The van der Waals surface area contributed by atoms with Crippen LogP contribution in [0.4, 0.5) is 22.7 Å². The molecule has 1 aliphatic heterocycles. The molecular formula is C19H20N4O4. The van der Waals surface area contributed by atoms with E-state index in [9.17, 15) is 19.7 Å². The fourth-order valence-electron chi connectivity index (χ4n) is 3.08. The highest BCUT2D eigenvalue weighted by atomic mass is 16.6. The van der Waals surface area contributed by atoms with Gasteiger partial charge in [-0.15, -0.1) is 0 Å². The van der Waals surface area contributed by atoms with Crippen molar-refractivity contribution < 1.29 is 14.5 Å². The lowest BCUT2D eigenvalue weighted by molar-refractivity contribution is -0.384. The van der Waals surface area contributed by atoms with Gasteiger partial charge in [0.05, 0.1) is 4.92 Å². The summed E-state index contributed by atoms with van der Waals surface area (Å²) in [5.74, 6) is -0.291. The zero-order valence-electron chi connectivity index (χ0n) is 15.1. The fourth-order valence-corrected chi connectivity index (χ4v) is 3.08. The summed E-state index contributed by atoms with van der Waals surface area (Å²) < 4.78 is 0. The number of carbonyl (C=O) groups is 2. The van der Waals surface area contributed by atoms with Crippen LogP contribution in [0.25, 0.3) is 0 Å². The lowest BCUT2D eigenvalue weighted by Gasteiger charge is -2.17. The van der Waals surface area contributed by atoms with Crippen LogP contribution >= 0.6 is 0 Å². The van der Waals surface area contributed by atoms with E-state index in [1.54, 1.807) is 24.8 Å². The maximum absolute atomic E-state index is 12.4. The molecule has 140 valence electrons. The minimum absolute atomic E-state index is 0.0131. The number of non-ortho nitro benzene ring substituents is 1. The quantitative estimate of drug-likeness (QED) is 0.624. The van der Waals surface area contributed by atoms with Crippen LogP contribution in [-0.4, -0.2) is 29.3 Å². The van der Waals surface area contributed by atoms with Gasteiger partial charge in [-0.25, -0.2) is 0 Å². The first kappa shape index (κ1) is 18.4. The Labute approximate surface area is 156 Å². The van der Waals surface area contributed by atoms with Gasteiger partial charge < -0.3 is 15.5 Å². The van der Waals surface area contributed by atoms with Crippen LogP contribution in [0.5, 0.6) is 0 Å². The number of amides is 2. The number of hydrogen-bond donors (Lipinski definition) is 2. The molecule has 0 radical (unpaired) electrons. The number of hydrogen-bond acceptors (Lipinski definition) is 5. The van der Waals surface area contributed by atoms with Crippen LogP contribution in [0.15, 0.2) is 42.5 Å². The summed E-state index contributed by atoms with van der Waals surface area (Å²) in [5.41, 5.74) is 3.03. The lowest BCUT2D eigenvalue weighted by Crippen LogP contribution is -2.31. The fraction of sp³-hybridized carbons (Fsp3) is 0.263. The molecule has 8 heteroatoms. The second-order valence-electron chi connectivity index (χ2n) is 6.43. The zero-order valence-corrected chi connectivity index (χ0v) is 15.1. The van der Waals surface area contributed by atoms with Crippen molar-refractivity contribution in [3.05, 3.63) is 58.1 Å². The highest BCUT2D eigenvalue weighted by Gasteiger charge is 2.23. The largest absolute Gasteiger partial charge is 0.374 e. The standard InChI is InChI=1S/C19H20N4O4/c1-12(19(25)21-15-4-3-5-17(11-15)23(26)27)20-16-6-7-18-14(10-16)8-9-22(18)13(2)24/h3-7,10-12,20H,8-9H2,1-2H3,(H,21,25). The Bertz CT molecular complexity index is 912. The molecule has 3 rings (SSSR count). The first-order valence-corrected chi connectivity index (χ1v) is 8.58. The van der Waals surface area contributed by atoms with Gasteiger partial charge in [0.1, 0.15) is 6.04 Å². The predicted octanol–water partition coefficient (Wildman–Crippen LogP) is 2.94. The molecule has 2 amide bonds. The van der Waals surface area contributed by atoms with Crippen molar-refractivity contribution in [3.8, 4) is 0 Å². The first-order valence-electron chi connectivity index (χ1n) is 8.58. The maximum Gasteiger partial charge on any atom is 0.271 e. The van der Waals surface area contributed by atoms with Crippen LogP contribution in [0.1, 0.15) is 19.4 Å². The molecule has 1 heterocycles. The second kappa shape index (κ2) is 7.45. The van der Waals surface area contributed by atoms with E-state index in [4.69, 9.17) is 0 Å². The summed E-state index contributed by atoms with van der Waals surface area (Å²) in [4.78, 5) is 36.0. The van der Waals surface area contributed by atoms with Crippen LogP contribution < -0.4 is 15.5 Å². The van der Waals surface area contributed by atoms with Gasteiger partial charge in [-0.05, 0) is 43.2 Å². The summed E-state index contributed by atoms with van der Waals surface area (Å²) in [6, 6.07) is 10.9. The van der Waals surface area contributed by atoms with E-state index in [0.717, 1.165) is 23.4 Å². The molecule has 0 saturated carbocycles. The van der Waals surface area contributed by atoms with Gasteiger partial charge in [0.2, 0.25) is 11.8 Å². The zero-order chi connectivity index (χ0) is 19.6. The number of fused-ring (bicyclic) bond motifs is 1. The second-order valence-corrected chi connectivity index (χ2v) is 6.43. The average Bonchev–Trinajstić information content (AvgIpc) is 3.05. The van der Waals surface area contributed by atoms with E-state index < -0.39 is 11.0 Å². The molecule has 8 nitrogen and oxygen atoms in total. The van der Waals surface area contributed by atoms with Crippen molar-refractivity contribution >= 4 is 34.6 Å². The molecule has 0 spiro atoms. The first-order chi connectivity index (χ1) is 12.8. The monoisotopic (exact) mass is 368 g/mol.